The summed E-state index contributed by atoms with van der Waals surface area (Å²) in [5.41, 5.74) is 2.32. The Morgan fingerprint density at radius 2 is 1.12 bits per heavy atom. The van der Waals surface area contributed by atoms with E-state index in [1.165, 1.54) is 21.5 Å². The summed E-state index contributed by atoms with van der Waals surface area (Å²) in [6.45, 7) is 2.16. The zero-order valence-corrected chi connectivity index (χ0v) is 18.9. The number of hydrogen-bond donors (Lipinski definition) is 0. The highest BCUT2D eigenvalue weighted by Crippen LogP contribution is 2.56. The second-order valence-corrected chi connectivity index (χ2v) is 11.3. The Kier molecular flexibility index (Phi) is 6.58. The van der Waals surface area contributed by atoms with Gasteiger partial charge in [0.05, 0.1) is 11.1 Å². The van der Waals surface area contributed by atoms with Crippen LogP contribution in [0.2, 0.25) is 0 Å². The van der Waals surface area contributed by atoms with Crippen LogP contribution in [0.3, 0.4) is 0 Å². The first-order chi connectivity index (χ1) is 15.6. The summed E-state index contributed by atoms with van der Waals surface area (Å²) in [4.78, 5) is 10.6. The van der Waals surface area contributed by atoms with Gasteiger partial charge in [0.1, 0.15) is 23.2 Å². The van der Waals surface area contributed by atoms with Gasteiger partial charge in [0.25, 0.3) is 5.69 Å². The van der Waals surface area contributed by atoms with E-state index in [4.69, 9.17) is 0 Å². The number of rotatable bonds is 7. The quantitative estimate of drug-likeness (QED) is 0.202. The van der Waals surface area contributed by atoms with Crippen LogP contribution in [0.1, 0.15) is 12.5 Å². The van der Waals surface area contributed by atoms with Crippen molar-refractivity contribution in [1.82, 2.24) is 0 Å². The zero-order chi connectivity index (χ0) is 22.4. The fraction of sp³-hybridized carbons (Fsp3) is 0.0714. The molecular formula is C28H25NO2P+. The maximum atomic E-state index is 11.0. The summed E-state index contributed by atoms with van der Waals surface area (Å²) in [5, 5.41) is 15.0. The van der Waals surface area contributed by atoms with Gasteiger partial charge in [-0.3, -0.25) is 10.1 Å². The molecule has 0 unspecified atom stereocenters. The lowest BCUT2D eigenvalue weighted by molar-refractivity contribution is -0.384. The van der Waals surface area contributed by atoms with Gasteiger partial charge in [0, 0.05) is 12.1 Å². The lowest BCUT2D eigenvalue weighted by atomic mass is 10.1. The van der Waals surface area contributed by atoms with Crippen LogP contribution in [0.5, 0.6) is 0 Å². The van der Waals surface area contributed by atoms with Crippen LogP contribution in [-0.4, -0.2) is 11.1 Å². The molecule has 0 aliphatic heterocycles. The van der Waals surface area contributed by atoms with Crippen LogP contribution in [-0.2, 0) is 0 Å². The lowest BCUT2D eigenvalue weighted by Gasteiger charge is -2.28. The SMILES string of the molecule is CC(=Cc1ccc([N+](=O)[O-])cc1)C[P+](c1ccccc1)(c1ccccc1)c1ccccc1. The molecule has 0 fully saturated rings. The van der Waals surface area contributed by atoms with Crippen LogP contribution < -0.4 is 15.9 Å². The molecule has 0 amide bonds. The summed E-state index contributed by atoms with van der Waals surface area (Å²) >= 11 is 0. The topological polar surface area (TPSA) is 43.1 Å². The van der Waals surface area contributed by atoms with Crippen molar-refractivity contribution in [1.29, 1.82) is 0 Å². The van der Waals surface area contributed by atoms with E-state index in [9.17, 15) is 10.1 Å². The smallest absolute Gasteiger partial charge is 0.258 e. The summed E-state index contributed by atoms with van der Waals surface area (Å²) in [6.07, 6.45) is 3.04. The maximum Gasteiger partial charge on any atom is 0.269 e. The van der Waals surface area contributed by atoms with E-state index in [-0.39, 0.29) is 10.6 Å². The van der Waals surface area contributed by atoms with E-state index >= 15 is 0 Å². The molecule has 0 aliphatic carbocycles. The molecule has 0 aromatic heterocycles. The third kappa shape index (κ3) is 4.54. The Morgan fingerprint density at radius 1 is 0.719 bits per heavy atom. The van der Waals surface area contributed by atoms with E-state index in [1.807, 2.05) is 12.1 Å². The predicted octanol–water partition coefficient (Wildman–Crippen LogP) is 5.99. The molecule has 0 radical (unpaired) electrons. The van der Waals surface area contributed by atoms with E-state index in [0.717, 1.165) is 11.7 Å². The number of nitro benzene ring substituents is 1. The van der Waals surface area contributed by atoms with Gasteiger partial charge < -0.3 is 0 Å². The van der Waals surface area contributed by atoms with E-state index in [0.29, 0.717) is 0 Å². The molecule has 4 aromatic rings. The molecule has 4 rings (SSSR count). The highest BCUT2D eigenvalue weighted by molar-refractivity contribution is 7.95. The molecule has 3 nitrogen and oxygen atoms in total. The van der Waals surface area contributed by atoms with Crippen molar-refractivity contribution in [2.24, 2.45) is 0 Å². The van der Waals surface area contributed by atoms with E-state index in [2.05, 4.69) is 104 Å². The molecule has 0 aliphatic rings. The number of allylic oxidation sites excluding steroid dienone is 1. The Morgan fingerprint density at radius 3 is 1.50 bits per heavy atom. The van der Waals surface area contributed by atoms with Gasteiger partial charge in [-0.15, -0.1) is 0 Å². The number of nitro groups is 1. The molecule has 4 aromatic carbocycles. The van der Waals surface area contributed by atoms with Gasteiger partial charge >= 0.3 is 0 Å². The maximum absolute atomic E-state index is 11.0. The van der Waals surface area contributed by atoms with Crippen molar-refractivity contribution >= 4 is 34.9 Å². The average molecular weight is 438 g/mol. The molecule has 158 valence electrons. The normalized spacial score (nSPS) is 11.8. The van der Waals surface area contributed by atoms with Crippen molar-refractivity contribution in [3.8, 4) is 0 Å². The summed E-state index contributed by atoms with van der Waals surface area (Å²) in [5.74, 6) is 0. The Balaban J connectivity index is 1.85. The van der Waals surface area contributed by atoms with Gasteiger partial charge in [0.2, 0.25) is 0 Å². The van der Waals surface area contributed by atoms with Crippen molar-refractivity contribution in [3.63, 3.8) is 0 Å². The van der Waals surface area contributed by atoms with Gasteiger partial charge in [-0.05, 0) is 66.6 Å². The molecule has 0 bridgehead atoms. The first-order valence-corrected chi connectivity index (χ1v) is 12.5. The third-order valence-corrected chi connectivity index (χ3v) is 10.1. The van der Waals surface area contributed by atoms with Gasteiger partial charge in [-0.25, -0.2) is 0 Å². The van der Waals surface area contributed by atoms with Crippen molar-refractivity contribution in [2.75, 3.05) is 6.16 Å². The number of nitrogens with zero attached hydrogens (tertiary/aromatic N) is 1. The van der Waals surface area contributed by atoms with Crippen LogP contribution in [0.25, 0.3) is 6.08 Å². The zero-order valence-electron chi connectivity index (χ0n) is 18.0. The van der Waals surface area contributed by atoms with Gasteiger partial charge in [-0.1, -0.05) is 60.7 Å². The molecule has 0 heterocycles. The van der Waals surface area contributed by atoms with Crippen LogP contribution >= 0.6 is 7.26 Å². The minimum atomic E-state index is -1.95. The highest BCUT2D eigenvalue weighted by atomic mass is 31.2. The van der Waals surface area contributed by atoms with Crippen molar-refractivity contribution in [2.45, 2.75) is 6.92 Å². The van der Waals surface area contributed by atoms with Gasteiger partial charge in [-0.2, -0.15) is 0 Å². The van der Waals surface area contributed by atoms with E-state index in [1.54, 1.807) is 12.1 Å². The number of hydrogen-bond acceptors (Lipinski definition) is 2. The Bertz CT molecular complexity index is 1110. The summed E-state index contributed by atoms with van der Waals surface area (Å²) < 4.78 is 0. The highest BCUT2D eigenvalue weighted by Gasteiger charge is 2.45. The second-order valence-electron chi connectivity index (χ2n) is 7.81. The molecule has 0 saturated carbocycles. The van der Waals surface area contributed by atoms with Crippen LogP contribution in [0, 0.1) is 10.1 Å². The minimum Gasteiger partial charge on any atom is -0.258 e. The van der Waals surface area contributed by atoms with Crippen LogP contribution in [0.15, 0.2) is 121 Å². The van der Waals surface area contributed by atoms with Crippen molar-refractivity contribution in [3.05, 3.63) is 137 Å². The second kappa shape index (κ2) is 9.72. The first-order valence-electron chi connectivity index (χ1n) is 10.6. The number of benzene rings is 4. The minimum absolute atomic E-state index is 0.111. The summed E-state index contributed by atoms with van der Waals surface area (Å²) in [7, 11) is -1.95. The fourth-order valence-electron chi connectivity index (χ4n) is 4.17. The molecule has 0 saturated heterocycles. The molecule has 0 N–H and O–H groups in total. The molecule has 0 spiro atoms. The molecular weight excluding hydrogens is 413 g/mol. The Labute approximate surface area is 189 Å². The molecule has 4 heteroatoms. The number of non-ortho nitro benzene ring substituents is 1. The lowest BCUT2D eigenvalue weighted by Crippen LogP contribution is -2.33. The monoisotopic (exact) mass is 438 g/mol. The Hall–Kier alpha value is -3.55. The van der Waals surface area contributed by atoms with Crippen LogP contribution in [0.4, 0.5) is 5.69 Å². The van der Waals surface area contributed by atoms with Crippen molar-refractivity contribution < 1.29 is 4.92 Å². The standard InChI is InChI=1S/C28H25NO2P/c1-23(21-24-17-19-25(20-18-24)29(30)31)22-32(26-11-5-2-6-12-26,27-13-7-3-8-14-27)28-15-9-4-10-16-28/h2-21H,22H2,1H3/q+1. The summed E-state index contributed by atoms with van der Waals surface area (Å²) in [6, 6.07) is 39.1. The fourth-order valence-corrected chi connectivity index (χ4v) is 8.49. The third-order valence-electron chi connectivity index (χ3n) is 5.59. The average Bonchev–Trinajstić information content (AvgIpc) is 2.84. The van der Waals surface area contributed by atoms with E-state index < -0.39 is 7.26 Å². The largest absolute Gasteiger partial charge is 0.269 e. The predicted molar refractivity (Wildman–Crippen MR) is 137 cm³/mol. The first kappa shape index (κ1) is 21.7. The molecule has 32 heavy (non-hydrogen) atoms. The molecule has 0 atom stereocenters. The van der Waals surface area contributed by atoms with Gasteiger partial charge in [0.15, 0.2) is 0 Å².